The van der Waals surface area contributed by atoms with Crippen LogP contribution in [0.5, 0.6) is 5.75 Å². The van der Waals surface area contributed by atoms with Crippen LogP contribution in [0, 0.1) is 0 Å². The topological polar surface area (TPSA) is 68.8 Å². The van der Waals surface area contributed by atoms with E-state index in [0.717, 1.165) is 24.2 Å². The zero-order valence-electron chi connectivity index (χ0n) is 16.0. The number of nitrogens with one attached hydrogen (secondary N) is 1. The van der Waals surface area contributed by atoms with E-state index in [2.05, 4.69) is 34.1 Å². The highest BCUT2D eigenvalue weighted by molar-refractivity contribution is 5.91. The van der Waals surface area contributed by atoms with Gasteiger partial charge in [-0.15, -0.1) is 0 Å². The minimum absolute atomic E-state index is 0.00728. The Bertz CT molecular complexity index is 960. The highest BCUT2D eigenvalue weighted by Gasteiger charge is 2.26. The van der Waals surface area contributed by atoms with Crippen LogP contribution in [0.1, 0.15) is 12.5 Å². The number of carbonyl (C=O) groups excluding carboxylic acids is 1. The second-order valence-corrected chi connectivity index (χ2v) is 7.10. The summed E-state index contributed by atoms with van der Waals surface area (Å²) in [7, 11) is 0. The summed E-state index contributed by atoms with van der Waals surface area (Å²) in [6.07, 6.45) is 1.39. The number of piperazine rings is 1. The molecule has 1 saturated heterocycles. The SMILES string of the molecule is CC(Oc1cccc(CO)c1)C(=O)N1CCN(c2cccc3cc[nH]c23)CC1. The van der Waals surface area contributed by atoms with Crippen molar-refractivity contribution in [3.8, 4) is 5.75 Å². The third-order valence-electron chi connectivity index (χ3n) is 5.24. The highest BCUT2D eigenvalue weighted by Crippen LogP contribution is 2.26. The molecular formula is C22H25N3O3. The van der Waals surface area contributed by atoms with Crippen molar-refractivity contribution < 1.29 is 14.6 Å². The van der Waals surface area contributed by atoms with Gasteiger partial charge in [0.15, 0.2) is 6.10 Å². The average molecular weight is 379 g/mol. The van der Waals surface area contributed by atoms with Gasteiger partial charge >= 0.3 is 0 Å². The normalized spacial score (nSPS) is 15.6. The first-order valence-corrected chi connectivity index (χ1v) is 9.62. The second kappa shape index (κ2) is 7.94. The number of hydrogen-bond donors (Lipinski definition) is 2. The number of fused-ring (bicyclic) bond motifs is 1. The summed E-state index contributed by atoms with van der Waals surface area (Å²) >= 11 is 0. The Morgan fingerprint density at radius 3 is 2.71 bits per heavy atom. The van der Waals surface area contributed by atoms with E-state index >= 15 is 0 Å². The van der Waals surface area contributed by atoms with E-state index in [1.165, 1.54) is 11.1 Å². The van der Waals surface area contributed by atoms with Gasteiger partial charge in [-0.1, -0.05) is 24.3 Å². The maximum absolute atomic E-state index is 12.8. The van der Waals surface area contributed by atoms with E-state index in [0.29, 0.717) is 18.8 Å². The first kappa shape index (κ1) is 18.4. The molecule has 0 spiro atoms. The van der Waals surface area contributed by atoms with Crippen LogP contribution in [-0.4, -0.2) is 53.2 Å². The lowest BCUT2D eigenvalue weighted by Crippen LogP contribution is -2.52. The van der Waals surface area contributed by atoms with E-state index in [9.17, 15) is 9.90 Å². The van der Waals surface area contributed by atoms with Gasteiger partial charge in [-0.3, -0.25) is 4.79 Å². The number of H-pyrrole nitrogens is 1. The van der Waals surface area contributed by atoms with Crippen molar-refractivity contribution in [1.29, 1.82) is 0 Å². The molecule has 4 rings (SSSR count). The number of para-hydroxylation sites is 1. The van der Waals surface area contributed by atoms with Crippen LogP contribution in [0.25, 0.3) is 10.9 Å². The Balaban J connectivity index is 1.37. The van der Waals surface area contributed by atoms with Crippen LogP contribution >= 0.6 is 0 Å². The molecule has 2 heterocycles. The standard InChI is InChI=1S/C22H25N3O3/c1-16(28-19-6-2-4-17(14-19)15-26)22(27)25-12-10-24(11-13-25)20-7-3-5-18-8-9-23-21(18)20/h2-9,14,16,23,26H,10-13,15H2,1H3. The molecule has 2 aromatic carbocycles. The van der Waals surface area contributed by atoms with Crippen LogP contribution < -0.4 is 9.64 Å². The number of nitrogens with zero attached hydrogens (tertiary/aromatic N) is 2. The van der Waals surface area contributed by atoms with Crippen LogP contribution in [0.2, 0.25) is 0 Å². The molecule has 3 aromatic rings. The molecular weight excluding hydrogens is 354 g/mol. The number of amides is 1. The number of aromatic amines is 1. The summed E-state index contributed by atoms with van der Waals surface area (Å²) in [5, 5.41) is 10.4. The van der Waals surface area contributed by atoms with Crippen molar-refractivity contribution in [3.63, 3.8) is 0 Å². The third kappa shape index (κ3) is 3.68. The fourth-order valence-electron chi connectivity index (χ4n) is 3.73. The molecule has 1 unspecified atom stereocenters. The lowest BCUT2D eigenvalue weighted by molar-refractivity contribution is -0.138. The summed E-state index contributed by atoms with van der Waals surface area (Å²) in [5.74, 6) is 0.594. The van der Waals surface area contributed by atoms with Gasteiger partial charge in [-0.2, -0.15) is 0 Å². The predicted molar refractivity (Wildman–Crippen MR) is 110 cm³/mol. The number of carbonyl (C=O) groups is 1. The van der Waals surface area contributed by atoms with Gasteiger partial charge < -0.3 is 24.6 Å². The molecule has 1 fully saturated rings. The molecule has 6 nitrogen and oxygen atoms in total. The van der Waals surface area contributed by atoms with Crippen LogP contribution in [0.3, 0.4) is 0 Å². The zero-order valence-corrected chi connectivity index (χ0v) is 16.0. The highest BCUT2D eigenvalue weighted by atomic mass is 16.5. The molecule has 1 aromatic heterocycles. The fraction of sp³-hybridized carbons (Fsp3) is 0.318. The van der Waals surface area contributed by atoms with E-state index in [1.54, 1.807) is 19.1 Å². The number of benzene rings is 2. The molecule has 0 radical (unpaired) electrons. The van der Waals surface area contributed by atoms with Gasteiger partial charge in [0, 0.05) is 37.8 Å². The van der Waals surface area contributed by atoms with Crippen LogP contribution in [0.4, 0.5) is 5.69 Å². The molecule has 146 valence electrons. The molecule has 1 aliphatic heterocycles. The van der Waals surface area contributed by atoms with Crippen molar-refractivity contribution in [2.75, 3.05) is 31.1 Å². The molecule has 1 amide bonds. The van der Waals surface area contributed by atoms with Crippen molar-refractivity contribution in [1.82, 2.24) is 9.88 Å². The van der Waals surface area contributed by atoms with Gasteiger partial charge in [0.25, 0.3) is 5.91 Å². The number of rotatable bonds is 5. The maximum Gasteiger partial charge on any atom is 0.263 e. The van der Waals surface area contributed by atoms with E-state index in [1.807, 2.05) is 23.2 Å². The Morgan fingerprint density at radius 1 is 1.14 bits per heavy atom. The summed E-state index contributed by atoms with van der Waals surface area (Å²) in [4.78, 5) is 20.3. The summed E-state index contributed by atoms with van der Waals surface area (Å²) in [6.45, 7) is 4.64. The molecule has 1 aliphatic rings. The van der Waals surface area contributed by atoms with Gasteiger partial charge in [0.05, 0.1) is 17.8 Å². The largest absolute Gasteiger partial charge is 0.481 e. The maximum atomic E-state index is 12.8. The number of ether oxygens (including phenoxy) is 1. The number of hydrogen-bond acceptors (Lipinski definition) is 4. The second-order valence-electron chi connectivity index (χ2n) is 7.10. The summed E-state index contributed by atoms with van der Waals surface area (Å²) < 4.78 is 5.81. The molecule has 6 heteroatoms. The first-order chi connectivity index (χ1) is 13.7. The van der Waals surface area contributed by atoms with Crippen molar-refractivity contribution >= 4 is 22.5 Å². The van der Waals surface area contributed by atoms with Gasteiger partial charge in [-0.25, -0.2) is 0 Å². The van der Waals surface area contributed by atoms with Crippen molar-refractivity contribution in [2.24, 2.45) is 0 Å². The summed E-state index contributed by atoms with van der Waals surface area (Å²) in [5.41, 5.74) is 3.09. The predicted octanol–water partition coefficient (Wildman–Crippen LogP) is 2.78. The minimum Gasteiger partial charge on any atom is -0.481 e. The Hall–Kier alpha value is -2.99. The monoisotopic (exact) mass is 379 g/mol. The Morgan fingerprint density at radius 2 is 1.93 bits per heavy atom. The first-order valence-electron chi connectivity index (χ1n) is 9.62. The van der Waals surface area contributed by atoms with Gasteiger partial charge in [-0.05, 0) is 36.8 Å². The minimum atomic E-state index is -0.563. The fourth-order valence-corrected chi connectivity index (χ4v) is 3.73. The van der Waals surface area contributed by atoms with E-state index < -0.39 is 6.10 Å². The van der Waals surface area contributed by atoms with Crippen LogP contribution in [-0.2, 0) is 11.4 Å². The number of anilines is 1. The zero-order chi connectivity index (χ0) is 19.5. The van der Waals surface area contributed by atoms with Gasteiger partial charge in [0.1, 0.15) is 5.75 Å². The molecule has 28 heavy (non-hydrogen) atoms. The lowest BCUT2D eigenvalue weighted by atomic mass is 10.2. The summed E-state index contributed by atoms with van der Waals surface area (Å²) in [6, 6.07) is 15.6. The smallest absolute Gasteiger partial charge is 0.263 e. The Labute approximate surface area is 164 Å². The van der Waals surface area contributed by atoms with Gasteiger partial charge in [0.2, 0.25) is 0 Å². The number of aliphatic hydroxyl groups is 1. The molecule has 0 bridgehead atoms. The third-order valence-corrected chi connectivity index (χ3v) is 5.24. The lowest BCUT2D eigenvalue weighted by Gasteiger charge is -2.37. The number of aliphatic hydroxyl groups excluding tert-OH is 1. The molecule has 0 saturated carbocycles. The molecule has 2 N–H and O–H groups in total. The Kier molecular flexibility index (Phi) is 5.21. The van der Waals surface area contributed by atoms with Crippen molar-refractivity contribution in [2.45, 2.75) is 19.6 Å². The van der Waals surface area contributed by atoms with E-state index in [4.69, 9.17) is 4.74 Å². The molecule has 1 atom stereocenters. The molecule has 0 aliphatic carbocycles. The quantitative estimate of drug-likeness (QED) is 0.715. The van der Waals surface area contributed by atoms with E-state index in [-0.39, 0.29) is 12.5 Å². The average Bonchev–Trinajstić information content (AvgIpc) is 3.22. The van der Waals surface area contributed by atoms with Crippen LogP contribution in [0.15, 0.2) is 54.7 Å². The van der Waals surface area contributed by atoms with Crippen molar-refractivity contribution in [3.05, 3.63) is 60.3 Å². The number of aromatic nitrogens is 1.